The molecule has 0 unspecified atom stereocenters. The van der Waals surface area contributed by atoms with Crippen molar-refractivity contribution in [2.75, 3.05) is 18.8 Å². The van der Waals surface area contributed by atoms with Crippen LogP contribution in [0.4, 0.5) is 19.0 Å². The lowest BCUT2D eigenvalue weighted by molar-refractivity contribution is -0.156. The number of halogens is 3. The predicted molar refractivity (Wildman–Crippen MR) is 135 cm³/mol. The molecule has 0 aliphatic carbocycles. The number of nitrogen functional groups attached to an aromatic ring is 1. The third-order valence-electron chi connectivity index (χ3n) is 6.29. The normalized spacial score (nSPS) is 17.6. The highest BCUT2D eigenvalue weighted by atomic mass is 32.2. The quantitative estimate of drug-likeness (QED) is 0.464. The number of carbonyl (C=O) groups is 1. The van der Waals surface area contributed by atoms with Crippen LogP contribution in [-0.4, -0.2) is 51.8 Å². The first-order valence-corrected chi connectivity index (χ1v) is 13.5. The number of fused-ring (bicyclic) bond motifs is 1. The van der Waals surface area contributed by atoms with E-state index in [1.165, 1.54) is 27.0 Å². The summed E-state index contributed by atoms with van der Waals surface area (Å²) in [6.07, 6.45) is -1.20. The van der Waals surface area contributed by atoms with E-state index < -0.39 is 33.3 Å². The van der Waals surface area contributed by atoms with Crippen LogP contribution in [0.1, 0.15) is 51.3 Å². The van der Waals surface area contributed by atoms with E-state index in [0.717, 1.165) is 6.20 Å². The van der Waals surface area contributed by atoms with Gasteiger partial charge in [-0.1, -0.05) is 6.07 Å². The maximum absolute atomic E-state index is 13.6. The van der Waals surface area contributed by atoms with Crippen molar-refractivity contribution in [3.05, 3.63) is 41.9 Å². The molecule has 1 aromatic carbocycles. The fourth-order valence-corrected chi connectivity index (χ4v) is 6.15. The molecule has 0 saturated carbocycles. The van der Waals surface area contributed by atoms with Crippen molar-refractivity contribution in [1.82, 2.24) is 18.7 Å². The second kappa shape index (κ2) is 9.84. The monoisotopic (exact) mass is 553 g/mol. The second-order valence-electron chi connectivity index (χ2n) is 10.5. The van der Waals surface area contributed by atoms with Crippen molar-refractivity contribution >= 4 is 27.5 Å². The maximum Gasteiger partial charge on any atom is 0.434 e. The third-order valence-corrected chi connectivity index (χ3v) is 8.15. The van der Waals surface area contributed by atoms with Crippen molar-refractivity contribution in [3.8, 4) is 11.3 Å². The van der Waals surface area contributed by atoms with Gasteiger partial charge in [0.25, 0.3) is 0 Å². The van der Waals surface area contributed by atoms with Gasteiger partial charge in [0.1, 0.15) is 5.60 Å². The van der Waals surface area contributed by atoms with Gasteiger partial charge in [-0.2, -0.15) is 17.5 Å². The van der Waals surface area contributed by atoms with Crippen LogP contribution in [0.5, 0.6) is 0 Å². The van der Waals surface area contributed by atoms with Crippen molar-refractivity contribution in [2.45, 2.75) is 63.6 Å². The highest BCUT2D eigenvalue weighted by Crippen LogP contribution is 2.34. The van der Waals surface area contributed by atoms with Crippen molar-refractivity contribution in [3.63, 3.8) is 0 Å². The molecule has 1 fully saturated rings. The molecular weight excluding hydrogens is 523 g/mol. The van der Waals surface area contributed by atoms with E-state index in [4.69, 9.17) is 10.5 Å². The smallest absolute Gasteiger partial charge is 0.434 e. The fraction of sp³-hybridized carbons (Fsp3) is 0.480. The van der Waals surface area contributed by atoms with E-state index in [2.05, 4.69) is 9.97 Å². The molecule has 3 heterocycles. The topological polar surface area (TPSA) is 120 Å². The number of alkyl halides is 3. The minimum atomic E-state index is -4.73. The number of aromatic nitrogens is 3. The first-order chi connectivity index (χ1) is 17.6. The van der Waals surface area contributed by atoms with Gasteiger partial charge in [0.05, 0.1) is 16.8 Å². The molecular formula is C25H30F3N5O4S. The number of hydrogen-bond acceptors (Lipinski definition) is 7. The average molecular weight is 554 g/mol. The summed E-state index contributed by atoms with van der Waals surface area (Å²) in [5.41, 5.74) is 5.21. The Bertz CT molecular complexity index is 1480. The largest absolute Gasteiger partial charge is 0.460 e. The number of aryl methyl sites for hydroxylation is 1. The Labute approximate surface area is 218 Å². The molecule has 0 radical (unpaired) electrons. The van der Waals surface area contributed by atoms with Crippen LogP contribution in [0.2, 0.25) is 0 Å². The Kier molecular flexibility index (Phi) is 7.21. The number of esters is 1. The van der Waals surface area contributed by atoms with Gasteiger partial charge in [0.2, 0.25) is 10.0 Å². The molecule has 3 aromatic rings. The summed E-state index contributed by atoms with van der Waals surface area (Å²) in [6.45, 7) is 7.50. The van der Waals surface area contributed by atoms with E-state index >= 15 is 0 Å². The van der Waals surface area contributed by atoms with Gasteiger partial charge >= 0.3 is 12.1 Å². The average Bonchev–Trinajstić information content (AvgIpc) is 3.22. The number of ether oxygens (including phenoxy) is 1. The Morgan fingerprint density at radius 3 is 2.61 bits per heavy atom. The molecule has 38 heavy (non-hydrogen) atoms. The number of hydrogen-bond donors (Lipinski definition) is 1. The van der Waals surface area contributed by atoms with Gasteiger partial charge in [-0.3, -0.25) is 9.20 Å². The third kappa shape index (κ3) is 5.78. The van der Waals surface area contributed by atoms with Crippen LogP contribution >= 0.6 is 0 Å². The zero-order valence-corrected chi connectivity index (χ0v) is 22.4. The number of imidazole rings is 1. The molecule has 0 bridgehead atoms. The van der Waals surface area contributed by atoms with Gasteiger partial charge in [0, 0.05) is 31.3 Å². The maximum atomic E-state index is 13.6. The fourth-order valence-electron chi connectivity index (χ4n) is 4.57. The standard InChI is InChI=1S/C25H30F3N5O4S/c1-15-7-8-17(38(35,36)32-9-5-6-16(13-32)10-21(34)37-24(2,3)4)11-18(15)19-12-30-23-22(29)31-20(14-33(19)23)25(26,27)28/h7-8,11-12,14,16H,5-6,9-10,13H2,1-4H3,(H2,29,31)/t16-/m0/s1. The molecule has 13 heteroatoms. The summed E-state index contributed by atoms with van der Waals surface area (Å²) < 4.78 is 75.2. The molecule has 0 amide bonds. The molecule has 4 rings (SSSR count). The Hall–Kier alpha value is -3.19. The zero-order chi connectivity index (χ0) is 28.0. The Morgan fingerprint density at radius 1 is 1.24 bits per heavy atom. The van der Waals surface area contributed by atoms with E-state index in [1.807, 2.05) is 0 Å². The van der Waals surface area contributed by atoms with Crippen LogP contribution in [0.3, 0.4) is 0 Å². The number of benzene rings is 1. The van der Waals surface area contributed by atoms with Gasteiger partial charge in [0.15, 0.2) is 17.2 Å². The van der Waals surface area contributed by atoms with E-state index in [0.29, 0.717) is 30.5 Å². The SMILES string of the molecule is Cc1ccc(S(=O)(=O)N2CCC[C@@H](CC(=O)OC(C)(C)C)C2)cc1-c1cnc2c(N)nc(C(F)(F)F)cn12. The lowest BCUT2D eigenvalue weighted by Crippen LogP contribution is -2.41. The van der Waals surface area contributed by atoms with Crippen molar-refractivity contribution in [2.24, 2.45) is 5.92 Å². The number of rotatable bonds is 5. The molecule has 1 aliphatic rings. The minimum Gasteiger partial charge on any atom is -0.460 e. The van der Waals surface area contributed by atoms with Gasteiger partial charge < -0.3 is 10.5 Å². The number of nitrogens with two attached hydrogens (primary N) is 1. The van der Waals surface area contributed by atoms with Crippen LogP contribution in [-0.2, 0) is 25.7 Å². The number of sulfonamides is 1. The van der Waals surface area contributed by atoms with Gasteiger partial charge in [-0.05, 0) is 64.2 Å². The zero-order valence-electron chi connectivity index (χ0n) is 21.5. The number of carbonyl (C=O) groups excluding carboxylic acids is 1. The number of piperidine rings is 1. The van der Waals surface area contributed by atoms with Gasteiger partial charge in [-0.15, -0.1) is 0 Å². The van der Waals surface area contributed by atoms with Crippen LogP contribution < -0.4 is 5.73 Å². The van der Waals surface area contributed by atoms with Crippen LogP contribution in [0, 0.1) is 12.8 Å². The molecule has 1 saturated heterocycles. The van der Waals surface area contributed by atoms with Crippen LogP contribution in [0.15, 0.2) is 35.5 Å². The van der Waals surface area contributed by atoms with E-state index in [1.54, 1.807) is 33.8 Å². The molecule has 2 aromatic heterocycles. The van der Waals surface area contributed by atoms with E-state index in [9.17, 15) is 26.4 Å². The number of anilines is 1. The van der Waals surface area contributed by atoms with Crippen molar-refractivity contribution in [1.29, 1.82) is 0 Å². The molecule has 1 aliphatic heterocycles. The lowest BCUT2D eigenvalue weighted by Gasteiger charge is -2.32. The lowest BCUT2D eigenvalue weighted by atomic mass is 9.96. The molecule has 2 N–H and O–H groups in total. The first kappa shape index (κ1) is 27.8. The molecule has 0 spiro atoms. The second-order valence-corrected chi connectivity index (χ2v) is 12.4. The summed E-state index contributed by atoms with van der Waals surface area (Å²) in [5.74, 6) is -0.954. The molecule has 9 nitrogen and oxygen atoms in total. The Balaban J connectivity index is 1.66. The summed E-state index contributed by atoms with van der Waals surface area (Å²) in [7, 11) is -3.95. The summed E-state index contributed by atoms with van der Waals surface area (Å²) >= 11 is 0. The summed E-state index contributed by atoms with van der Waals surface area (Å²) in [4.78, 5) is 19.8. The molecule has 1 atom stereocenters. The van der Waals surface area contributed by atoms with Crippen LogP contribution in [0.25, 0.3) is 16.9 Å². The predicted octanol–water partition coefficient (Wildman–Crippen LogP) is 4.44. The Morgan fingerprint density at radius 2 is 1.95 bits per heavy atom. The minimum absolute atomic E-state index is 0.0101. The summed E-state index contributed by atoms with van der Waals surface area (Å²) in [5, 5.41) is 0. The van der Waals surface area contributed by atoms with Crippen molar-refractivity contribution < 1.29 is 31.1 Å². The molecule has 206 valence electrons. The number of nitrogens with zero attached hydrogens (tertiary/aromatic N) is 4. The highest BCUT2D eigenvalue weighted by Gasteiger charge is 2.35. The van der Waals surface area contributed by atoms with E-state index in [-0.39, 0.29) is 41.1 Å². The summed E-state index contributed by atoms with van der Waals surface area (Å²) in [6, 6.07) is 4.49. The highest BCUT2D eigenvalue weighted by molar-refractivity contribution is 7.89. The van der Waals surface area contributed by atoms with Gasteiger partial charge in [-0.25, -0.2) is 18.4 Å². The first-order valence-electron chi connectivity index (χ1n) is 12.1.